The van der Waals surface area contributed by atoms with Gasteiger partial charge in [0.1, 0.15) is 12.1 Å². The Kier molecular flexibility index (Phi) is 2.99. The minimum atomic E-state index is 0.726. The molecule has 2 aromatic heterocycles. The molecule has 1 N–H and O–H groups in total. The maximum absolute atomic E-state index is 4.33. The van der Waals surface area contributed by atoms with Gasteiger partial charge in [0.15, 0.2) is 5.65 Å². The number of anilines is 1. The molecule has 0 radical (unpaired) electrons. The second-order valence-electron chi connectivity index (χ2n) is 5.41. The van der Waals surface area contributed by atoms with Crippen molar-refractivity contribution < 1.29 is 0 Å². The largest absolute Gasteiger partial charge is 0.365 e. The van der Waals surface area contributed by atoms with Crippen LogP contribution in [0.2, 0.25) is 0 Å². The van der Waals surface area contributed by atoms with Gasteiger partial charge in [0.25, 0.3) is 0 Å². The number of hydrogen-bond acceptors (Lipinski definition) is 4. The number of rotatable bonds is 3. The van der Waals surface area contributed by atoms with Crippen molar-refractivity contribution in [1.82, 2.24) is 15.0 Å². The molecular weight excluding hydrogens is 260 g/mol. The molecule has 0 atom stereocenters. The molecule has 0 bridgehead atoms. The van der Waals surface area contributed by atoms with Crippen molar-refractivity contribution in [3.05, 3.63) is 59.5 Å². The van der Waals surface area contributed by atoms with Gasteiger partial charge in [-0.15, -0.1) is 0 Å². The fourth-order valence-electron chi connectivity index (χ4n) is 2.96. The van der Waals surface area contributed by atoms with Crippen LogP contribution in [0, 0.1) is 0 Å². The number of hydrogen-bond donors (Lipinski definition) is 1. The first-order valence-electron chi connectivity index (χ1n) is 7.30. The predicted octanol–water partition coefficient (Wildman–Crippen LogP) is 3.13. The van der Waals surface area contributed by atoms with E-state index in [4.69, 9.17) is 0 Å². The Balaban J connectivity index is 1.58. The van der Waals surface area contributed by atoms with E-state index in [1.165, 1.54) is 36.0 Å². The maximum atomic E-state index is 4.33. The summed E-state index contributed by atoms with van der Waals surface area (Å²) in [6.07, 6.45) is 7.03. The molecule has 0 spiro atoms. The predicted molar refractivity (Wildman–Crippen MR) is 83.1 cm³/mol. The molecule has 104 valence electrons. The summed E-state index contributed by atoms with van der Waals surface area (Å²) in [4.78, 5) is 12.8. The fraction of sp³-hybridized carbons (Fsp3) is 0.235. The highest BCUT2D eigenvalue weighted by Crippen LogP contribution is 2.23. The number of aromatic nitrogens is 3. The third-order valence-electron chi connectivity index (χ3n) is 4.03. The summed E-state index contributed by atoms with van der Waals surface area (Å²) in [5.41, 5.74) is 5.04. The molecule has 0 saturated heterocycles. The standard InChI is InChI=1S/C17H16N4/c1-3-13-7-6-12(9-14(13)4-1)10-19-17-15-5-2-8-18-16(15)20-11-21-17/h2,5-9,11H,1,3-4,10H2,(H,18,19,20,21). The van der Waals surface area contributed by atoms with Gasteiger partial charge in [0.05, 0.1) is 5.39 Å². The Morgan fingerprint density at radius 3 is 2.95 bits per heavy atom. The topological polar surface area (TPSA) is 50.7 Å². The van der Waals surface area contributed by atoms with Crippen LogP contribution in [0.3, 0.4) is 0 Å². The van der Waals surface area contributed by atoms with Crippen LogP contribution in [-0.4, -0.2) is 15.0 Å². The molecule has 3 aromatic rings. The number of benzene rings is 1. The number of nitrogens with zero attached hydrogens (tertiary/aromatic N) is 3. The van der Waals surface area contributed by atoms with Gasteiger partial charge < -0.3 is 5.32 Å². The van der Waals surface area contributed by atoms with E-state index in [1.807, 2.05) is 12.1 Å². The second-order valence-corrected chi connectivity index (χ2v) is 5.41. The van der Waals surface area contributed by atoms with Crippen LogP contribution in [0.15, 0.2) is 42.9 Å². The van der Waals surface area contributed by atoms with Gasteiger partial charge in [0, 0.05) is 12.7 Å². The van der Waals surface area contributed by atoms with E-state index in [-0.39, 0.29) is 0 Å². The summed E-state index contributed by atoms with van der Waals surface area (Å²) in [6.45, 7) is 0.772. The van der Waals surface area contributed by atoms with Gasteiger partial charge in [-0.25, -0.2) is 15.0 Å². The van der Waals surface area contributed by atoms with E-state index in [9.17, 15) is 0 Å². The minimum Gasteiger partial charge on any atom is -0.365 e. The van der Waals surface area contributed by atoms with Gasteiger partial charge >= 0.3 is 0 Å². The Morgan fingerprint density at radius 1 is 1.00 bits per heavy atom. The first kappa shape index (κ1) is 12.3. The molecule has 4 nitrogen and oxygen atoms in total. The first-order chi connectivity index (χ1) is 10.4. The zero-order chi connectivity index (χ0) is 14.1. The normalized spacial score (nSPS) is 13.3. The third-order valence-corrected chi connectivity index (χ3v) is 4.03. The lowest BCUT2D eigenvalue weighted by Crippen LogP contribution is -2.03. The van der Waals surface area contributed by atoms with Crippen LogP contribution in [0.5, 0.6) is 0 Å². The molecule has 2 heterocycles. The Morgan fingerprint density at radius 2 is 1.95 bits per heavy atom. The quantitative estimate of drug-likeness (QED) is 0.798. The van der Waals surface area contributed by atoms with Crippen molar-refractivity contribution in [2.75, 3.05) is 5.32 Å². The summed E-state index contributed by atoms with van der Waals surface area (Å²) < 4.78 is 0. The van der Waals surface area contributed by atoms with Crippen molar-refractivity contribution in [1.29, 1.82) is 0 Å². The zero-order valence-corrected chi connectivity index (χ0v) is 11.7. The Bertz CT molecular complexity index is 792. The molecule has 1 aliphatic rings. The fourth-order valence-corrected chi connectivity index (χ4v) is 2.96. The average Bonchev–Trinajstić information content (AvgIpc) is 3.00. The summed E-state index contributed by atoms with van der Waals surface area (Å²) in [7, 11) is 0. The highest BCUT2D eigenvalue weighted by molar-refractivity contribution is 5.85. The van der Waals surface area contributed by atoms with E-state index in [0.29, 0.717) is 0 Å². The van der Waals surface area contributed by atoms with Crippen molar-refractivity contribution in [2.24, 2.45) is 0 Å². The second kappa shape index (κ2) is 5.13. The lowest BCUT2D eigenvalue weighted by Gasteiger charge is -2.09. The molecule has 4 rings (SSSR count). The average molecular weight is 276 g/mol. The highest BCUT2D eigenvalue weighted by Gasteiger charge is 2.11. The van der Waals surface area contributed by atoms with Crippen molar-refractivity contribution >= 4 is 16.9 Å². The lowest BCUT2D eigenvalue weighted by molar-refractivity contribution is 0.911. The molecular formula is C17H16N4. The summed E-state index contributed by atoms with van der Waals surface area (Å²) in [5, 5.41) is 4.36. The van der Waals surface area contributed by atoms with Crippen LogP contribution in [-0.2, 0) is 19.4 Å². The first-order valence-corrected chi connectivity index (χ1v) is 7.30. The molecule has 0 saturated carbocycles. The summed E-state index contributed by atoms with van der Waals surface area (Å²) in [6, 6.07) is 10.7. The summed E-state index contributed by atoms with van der Waals surface area (Å²) in [5.74, 6) is 0.841. The van der Waals surface area contributed by atoms with E-state index in [0.717, 1.165) is 23.4 Å². The molecule has 0 fully saturated rings. The Labute approximate surface area is 123 Å². The number of aryl methyl sites for hydroxylation is 2. The van der Waals surface area contributed by atoms with E-state index >= 15 is 0 Å². The zero-order valence-electron chi connectivity index (χ0n) is 11.7. The molecule has 0 aliphatic heterocycles. The van der Waals surface area contributed by atoms with Gasteiger partial charge in [-0.05, 0) is 48.1 Å². The lowest BCUT2D eigenvalue weighted by atomic mass is 10.1. The van der Waals surface area contributed by atoms with Crippen LogP contribution >= 0.6 is 0 Å². The van der Waals surface area contributed by atoms with Crippen LogP contribution in [0.1, 0.15) is 23.1 Å². The van der Waals surface area contributed by atoms with E-state index < -0.39 is 0 Å². The van der Waals surface area contributed by atoms with Gasteiger partial charge in [-0.1, -0.05) is 18.2 Å². The van der Waals surface area contributed by atoms with Crippen LogP contribution in [0.25, 0.3) is 11.0 Å². The van der Waals surface area contributed by atoms with Crippen molar-refractivity contribution in [3.8, 4) is 0 Å². The number of nitrogens with one attached hydrogen (secondary N) is 1. The third kappa shape index (κ3) is 2.33. The van der Waals surface area contributed by atoms with Crippen LogP contribution < -0.4 is 5.32 Å². The van der Waals surface area contributed by atoms with Gasteiger partial charge in [0.2, 0.25) is 0 Å². The SMILES string of the molecule is c1cnc2ncnc(NCc3ccc4c(c3)CCC4)c2c1. The van der Waals surface area contributed by atoms with Crippen molar-refractivity contribution in [3.63, 3.8) is 0 Å². The van der Waals surface area contributed by atoms with E-state index in [1.54, 1.807) is 12.5 Å². The monoisotopic (exact) mass is 276 g/mol. The molecule has 1 aromatic carbocycles. The molecule has 0 amide bonds. The molecule has 1 aliphatic carbocycles. The molecule has 21 heavy (non-hydrogen) atoms. The molecule has 0 unspecified atom stereocenters. The van der Waals surface area contributed by atoms with Crippen molar-refractivity contribution in [2.45, 2.75) is 25.8 Å². The van der Waals surface area contributed by atoms with Gasteiger partial charge in [-0.2, -0.15) is 0 Å². The smallest absolute Gasteiger partial charge is 0.164 e. The maximum Gasteiger partial charge on any atom is 0.164 e. The van der Waals surface area contributed by atoms with Crippen LogP contribution in [0.4, 0.5) is 5.82 Å². The summed E-state index contributed by atoms with van der Waals surface area (Å²) >= 11 is 0. The minimum absolute atomic E-state index is 0.726. The highest BCUT2D eigenvalue weighted by atomic mass is 15.0. The van der Waals surface area contributed by atoms with E-state index in [2.05, 4.69) is 38.5 Å². The van der Waals surface area contributed by atoms with Gasteiger partial charge in [-0.3, -0.25) is 0 Å². The Hall–Kier alpha value is -2.49. The number of pyridine rings is 1. The number of fused-ring (bicyclic) bond motifs is 2. The molecule has 4 heteroatoms.